The average Bonchev–Trinajstić information content (AvgIpc) is 3.00. The zero-order chi connectivity index (χ0) is 33.3. The highest BCUT2D eigenvalue weighted by Crippen LogP contribution is 2.25. The number of ketones is 4. The second kappa shape index (κ2) is 15.2. The van der Waals surface area contributed by atoms with Gasteiger partial charge in [0.15, 0.2) is 23.1 Å². The normalized spacial score (nSPS) is 10.8. The van der Waals surface area contributed by atoms with Gasteiger partial charge in [0.2, 0.25) is 0 Å². The monoisotopic (exact) mass is 606 g/mol. The van der Waals surface area contributed by atoms with E-state index in [1.165, 1.54) is 0 Å². The van der Waals surface area contributed by atoms with Crippen molar-refractivity contribution in [3.63, 3.8) is 0 Å². The van der Waals surface area contributed by atoms with Crippen LogP contribution in [0, 0.1) is 20.8 Å². The summed E-state index contributed by atoms with van der Waals surface area (Å²) in [6.07, 6.45) is -0.239. The van der Waals surface area contributed by atoms with E-state index in [1.807, 2.05) is 51.1 Å². The van der Waals surface area contributed by atoms with E-state index in [0.717, 1.165) is 22.3 Å². The van der Waals surface area contributed by atoms with E-state index < -0.39 is 0 Å². The topological polar surface area (TPSA) is 86.7 Å². The molecular formula is C39H42O6. The minimum absolute atomic E-state index is 0.0390. The number of carbonyl (C=O) groups excluding carboxylic acids is 4. The largest absolute Gasteiger partial charge is 0.497 e. The summed E-state index contributed by atoms with van der Waals surface area (Å²) < 4.78 is 10.1. The summed E-state index contributed by atoms with van der Waals surface area (Å²) >= 11 is 0. The van der Waals surface area contributed by atoms with E-state index >= 15 is 0 Å². The molecule has 45 heavy (non-hydrogen) atoms. The van der Waals surface area contributed by atoms with Crippen LogP contribution in [0.3, 0.4) is 0 Å². The smallest absolute Gasteiger partial charge is 0.170 e. The number of aryl methyl sites for hydroxylation is 3. The predicted molar refractivity (Wildman–Crippen MR) is 178 cm³/mol. The molecule has 0 aliphatic carbocycles. The molecular weight excluding hydrogens is 564 g/mol. The van der Waals surface area contributed by atoms with Crippen molar-refractivity contribution in [1.29, 1.82) is 0 Å². The lowest BCUT2D eigenvalue weighted by Gasteiger charge is -2.20. The van der Waals surface area contributed by atoms with Crippen LogP contribution in [0.5, 0.6) is 11.5 Å². The zero-order valence-electron chi connectivity index (χ0n) is 27.4. The van der Waals surface area contributed by atoms with Crippen LogP contribution in [0.4, 0.5) is 0 Å². The fourth-order valence-electron chi connectivity index (χ4n) is 4.76. The number of carbonyl (C=O) groups is 4. The van der Waals surface area contributed by atoms with Crippen LogP contribution >= 0.6 is 0 Å². The molecule has 234 valence electrons. The van der Waals surface area contributed by atoms with Crippen molar-refractivity contribution in [2.45, 2.75) is 59.8 Å². The highest BCUT2D eigenvalue weighted by molar-refractivity contribution is 6.14. The van der Waals surface area contributed by atoms with E-state index in [2.05, 4.69) is 20.8 Å². The third-order valence-corrected chi connectivity index (χ3v) is 7.55. The number of hydrogen-bond acceptors (Lipinski definition) is 6. The quantitative estimate of drug-likeness (QED) is 0.133. The van der Waals surface area contributed by atoms with Gasteiger partial charge in [0.25, 0.3) is 0 Å². The Morgan fingerprint density at radius 2 is 1.00 bits per heavy atom. The zero-order valence-corrected chi connectivity index (χ0v) is 27.4. The highest BCUT2D eigenvalue weighted by Gasteiger charge is 2.20. The van der Waals surface area contributed by atoms with Crippen LogP contribution in [0.2, 0.25) is 0 Å². The van der Waals surface area contributed by atoms with E-state index in [1.54, 1.807) is 68.8 Å². The molecule has 0 amide bonds. The predicted octanol–water partition coefficient (Wildman–Crippen LogP) is 8.52. The Labute approximate surface area is 266 Å². The molecule has 0 aliphatic heterocycles. The highest BCUT2D eigenvalue weighted by atomic mass is 16.5. The number of ether oxygens (including phenoxy) is 2. The maximum atomic E-state index is 12.6. The van der Waals surface area contributed by atoms with Gasteiger partial charge in [-0.05, 0) is 97.5 Å². The molecule has 0 aliphatic rings. The van der Waals surface area contributed by atoms with Crippen molar-refractivity contribution in [1.82, 2.24) is 0 Å². The van der Waals surface area contributed by atoms with Crippen molar-refractivity contribution >= 4 is 23.1 Å². The number of Topliss-reactive ketones (excluding diaryl/α,β-unsaturated/α-hetero) is 4. The van der Waals surface area contributed by atoms with Gasteiger partial charge in [-0.3, -0.25) is 19.2 Å². The molecule has 4 aromatic rings. The number of benzene rings is 4. The number of rotatable bonds is 10. The second-order valence-electron chi connectivity index (χ2n) is 12.1. The Morgan fingerprint density at radius 1 is 0.533 bits per heavy atom. The Kier molecular flexibility index (Phi) is 11.7. The van der Waals surface area contributed by atoms with Crippen molar-refractivity contribution in [2.24, 2.45) is 0 Å². The van der Waals surface area contributed by atoms with Crippen molar-refractivity contribution < 1.29 is 28.7 Å². The van der Waals surface area contributed by atoms with Gasteiger partial charge in [-0.25, -0.2) is 0 Å². The Morgan fingerprint density at radius 3 is 1.42 bits per heavy atom. The standard InChI is InChI=1S/C21H24O3.C18H18O3/c1-14-6-9-16(21(2,3)4)12-18(14)20(23)13-19(22)15-7-10-17(24-5)11-8-15;1-12-4-9-16(13(2)10-12)18(20)11-17(19)14-5-7-15(21-3)8-6-14/h6-12H,13H2,1-5H3;4-10H,11H2,1-3H3. The lowest BCUT2D eigenvalue weighted by Crippen LogP contribution is -2.15. The average molecular weight is 607 g/mol. The lowest BCUT2D eigenvalue weighted by molar-refractivity contribution is 0.0877. The summed E-state index contributed by atoms with van der Waals surface area (Å²) in [5.41, 5.74) is 6.24. The summed E-state index contributed by atoms with van der Waals surface area (Å²) in [5.74, 6) is 0.734. The van der Waals surface area contributed by atoms with Crippen LogP contribution in [0.25, 0.3) is 0 Å². The molecule has 6 nitrogen and oxygen atoms in total. The fraction of sp³-hybridized carbons (Fsp3) is 0.282. The van der Waals surface area contributed by atoms with Crippen LogP contribution in [-0.4, -0.2) is 37.4 Å². The van der Waals surface area contributed by atoms with Crippen molar-refractivity contribution in [3.8, 4) is 11.5 Å². The van der Waals surface area contributed by atoms with Crippen molar-refractivity contribution in [2.75, 3.05) is 14.2 Å². The molecule has 0 saturated carbocycles. The SMILES string of the molecule is COc1ccc(C(=O)CC(=O)c2cc(C(C)(C)C)ccc2C)cc1.COc1ccc(C(=O)CC(=O)c2ccc(C)cc2C)cc1. The van der Waals surface area contributed by atoms with Gasteiger partial charge in [-0.1, -0.05) is 56.7 Å². The molecule has 0 N–H and O–H groups in total. The second-order valence-corrected chi connectivity index (χ2v) is 12.1. The van der Waals surface area contributed by atoms with Crippen molar-refractivity contribution in [3.05, 3.63) is 129 Å². The first-order valence-corrected chi connectivity index (χ1v) is 14.8. The summed E-state index contributed by atoms with van der Waals surface area (Å²) in [5, 5.41) is 0. The molecule has 4 aromatic carbocycles. The summed E-state index contributed by atoms with van der Waals surface area (Å²) in [7, 11) is 3.14. The number of methoxy groups -OCH3 is 2. The first-order valence-electron chi connectivity index (χ1n) is 14.8. The van der Waals surface area contributed by atoms with Gasteiger partial charge in [0.1, 0.15) is 11.5 Å². The van der Waals surface area contributed by atoms with Gasteiger partial charge in [0, 0.05) is 22.3 Å². The Bertz CT molecular complexity index is 1670. The molecule has 0 aromatic heterocycles. The molecule has 0 radical (unpaired) electrons. The van der Waals surface area contributed by atoms with Gasteiger partial charge >= 0.3 is 0 Å². The third kappa shape index (κ3) is 9.57. The minimum Gasteiger partial charge on any atom is -0.497 e. The van der Waals surface area contributed by atoms with E-state index in [9.17, 15) is 19.2 Å². The fourth-order valence-corrected chi connectivity index (χ4v) is 4.76. The molecule has 0 fully saturated rings. The molecule has 0 spiro atoms. The molecule has 0 atom stereocenters. The first kappa shape index (κ1) is 34.6. The molecule has 6 heteroatoms. The minimum atomic E-state index is -0.178. The first-order chi connectivity index (χ1) is 21.2. The molecule has 4 rings (SSSR count). The van der Waals surface area contributed by atoms with E-state index in [0.29, 0.717) is 33.8 Å². The van der Waals surface area contributed by atoms with Gasteiger partial charge < -0.3 is 9.47 Å². The van der Waals surface area contributed by atoms with E-state index in [4.69, 9.17) is 9.47 Å². The summed E-state index contributed by atoms with van der Waals surface area (Å²) in [6.45, 7) is 12.1. The van der Waals surface area contributed by atoms with Crippen LogP contribution in [0.1, 0.15) is 97.3 Å². The number of hydrogen-bond donors (Lipinski definition) is 0. The Hall–Kier alpha value is -4.84. The summed E-state index contributed by atoms with van der Waals surface area (Å²) in [4.78, 5) is 49.3. The van der Waals surface area contributed by atoms with Gasteiger partial charge in [0.05, 0.1) is 27.1 Å². The molecule has 0 heterocycles. The molecule has 0 unspecified atom stereocenters. The van der Waals surface area contributed by atoms with Gasteiger partial charge in [-0.15, -0.1) is 0 Å². The summed E-state index contributed by atoms with van der Waals surface area (Å²) in [6, 6.07) is 25.1. The lowest BCUT2D eigenvalue weighted by atomic mass is 9.84. The van der Waals surface area contributed by atoms with E-state index in [-0.39, 0.29) is 41.4 Å². The van der Waals surface area contributed by atoms with Gasteiger partial charge in [-0.2, -0.15) is 0 Å². The maximum absolute atomic E-state index is 12.6. The molecule has 0 bridgehead atoms. The van der Waals surface area contributed by atoms with Crippen LogP contribution < -0.4 is 9.47 Å². The maximum Gasteiger partial charge on any atom is 0.170 e. The molecule has 0 saturated heterocycles. The third-order valence-electron chi connectivity index (χ3n) is 7.55. The van der Waals surface area contributed by atoms with Crippen LogP contribution in [-0.2, 0) is 5.41 Å². The van der Waals surface area contributed by atoms with Crippen LogP contribution in [0.15, 0.2) is 84.9 Å². The Balaban J connectivity index is 0.000000248.